The summed E-state index contributed by atoms with van der Waals surface area (Å²) in [6, 6.07) is 3.51. The molecule has 0 bridgehead atoms. The lowest BCUT2D eigenvalue weighted by Gasteiger charge is -2.24. The number of pyridine rings is 1. The molecule has 0 aliphatic heterocycles. The van der Waals surface area contributed by atoms with Gasteiger partial charge in [-0.25, -0.2) is 4.79 Å². The highest BCUT2D eigenvalue weighted by atomic mass is 16.2. The molecule has 2 heterocycles. The molecule has 2 aromatic rings. The van der Waals surface area contributed by atoms with Crippen LogP contribution >= 0.6 is 0 Å². The molecule has 2 aromatic heterocycles. The van der Waals surface area contributed by atoms with Crippen molar-refractivity contribution in [3.05, 3.63) is 42.2 Å². The summed E-state index contributed by atoms with van der Waals surface area (Å²) in [5.41, 5.74) is 0.490. The Morgan fingerprint density at radius 1 is 1.11 bits per heavy atom. The maximum absolute atomic E-state index is 11.9. The van der Waals surface area contributed by atoms with Crippen LogP contribution in [-0.2, 0) is 6.54 Å². The fourth-order valence-electron chi connectivity index (χ4n) is 3.23. The predicted molar refractivity (Wildman–Crippen MR) is 99.0 cm³/mol. The SMILES string of the molecule is O=C(NCCNC(=O)c1cccnc1)NCc1nncn1C1CCCCC1. The van der Waals surface area contributed by atoms with Gasteiger partial charge in [0.25, 0.3) is 5.91 Å². The molecule has 0 unspecified atom stereocenters. The Bertz CT molecular complexity index is 741. The van der Waals surface area contributed by atoms with E-state index in [4.69, 9.17) is 0 Å². The summed E-state index contributed by atoms with van der Waals surface area (Å²) in [6.45, 7) is 0.983. The molecule has 0 aromatic carbocycles. The largest absolute Gasteiger partial charge is 0.350 e. The lowest BCUT2D eigenvalue weighted by atomic mass is 9.95. The molecule has 0 atom stereocenters. The molecule has 0 spiro atoms. The van der Waals surface area contributed by atoms with Crippen LogP contribution in [-0.4, -0.2) is 44.8 Å². The summed E-state index contributed by atoms with van der Waals surface area (Å²) in [5.74, 6) is 0.549. The normalized spacial score (nSPS) is 14.5. The number of carbonyl (C=O) groups is 2. The van der Waals surface area contributed by atoms with Crippen molar-refractivity contribution in [2.24, 2.45) is 0 Å². The number of nitrogens with one attached hydrogen (secondary N) is 3. The minimum Gasteiger partial charge on any atom is -0.350 e. The monoisotopic (exact) mass is 371 g/mol. The van der Waals surface area contributed by atoms with E-state index in [1.165, 1.54) is 25.5 Å². The predicted octanol–water partition coefficient (Wildman–Crippen LogP) is 1.41. The molecule has 1 fully saturated rings. The van der Waals surface area contributed by atoms with Crippen LogP contribution in [0.2, 0.25) is 0 Å². The molecule has 27 heavy (non-hydrogen) atoms. The second-order valence-corrected chi connectivity index (χ2v) is 6.55. The Balaban J connectivity index is 1.35. The van der Waals surface area contributed by atoms with E-state index in [0.29, 0.717) is 31.2 Å². The van der Waals surface area contributed by atoms with Crippen molar-refractivity contribution in [3.8, 4) is 0 Å². The number of nitrogens with zero attached hydrogens (tertiary/aromatic N) is 4. The zero-order valence-electron chi connectivity index (χ0n) is 15.2. The van der Waals surface area contributed by atoms with Crippen molar-refractivity contribution >= 4 is 11.9 Å². The molecule has 144 valence electrons. The van der Waals surface area contributed by atoms with Crippen LogP contribution < -0.4 is 16.0 Å². The molecule has 1 saturated carbocycles. The van der Waals surface area contributed by atoms with Gasteiger partial charge in [-0.05, 0) is 25.0 Å². The first-order chi connectivity index (χ1) is 13.2. The summed E-state index contributed by atoms with van der Waals surface area (Å²) < 4.78 is 2.08. The van der Waals surface area contributed by atoms with E-state index in [-0.39, 0.29) is 11.9 Å². The standard InChI is InChI=1S/C18H25N7O2/c26-17(14-5-4-8-19-11-14)20-9-10-21-18(27)22-12-16-24-23-13-25(16)15-6-2-1-3-7-15/h4-5,8,11,13,15H,1-3,6-7,9-10,12H2,(H,20,26)(H2,21,22,27). The van der Waals surface area contributed by atoms with Crippen molar-refractivity contribution in [2.75, 3.05) is 13.1 Å². The molecule has 1 aliphatic carbocycles. The fraction of sp³-hybridized carbons (Fsp3) is 0.500. The highest BCUT2D eigenvalue weighted by Gasteiger charge is 2.18. The second-order valence-electron chi connectivity index (χ2n) is 6.55. The number of hydrogen-bond acceptors (Lipinski definition) is 5. The summed E-state index contributed by atoms with van der Waals surface area (Å²) >= 11 is 0. The number of amides is 3. The van der Waals surface area contributed by atoms with Gasteiger partial charge in [0.05, 0.1) is 12.1 Å². The molecule has 3 N–H and O–H groups in total. The van der Waals surface area contributed by atoms with Crippen LogP contribution in [0.15, 0.2) is 30.9 Å². The van der Waals surface area contributed by atoms with Crippen molar-refractivity contribution in [1.29, 1.82) is 0 Å². The van der Waals surface area contributed by atoms with Gasteiger partial charge in [-0.15, -0.1) is 10.2 Å². The van der Waals surface area contributed by atoms with Crippen molar-refractivity contribution in [3.63, 3.8) is 0 Å². The van der Waals surface area contributed by atoms with E-state index in [1.54, 1.807) is 24.7 Å². The third-order valence-electron chi connectivity index (χ3n) is 4.64. The number of hydrogen-bond donors (Lipinski definition) is 3. The van der Waals surface area contributed by atoms with Gasteiger partial charge < -0.3 is 20.5 Å². The number of rotatable bonds is 7. The maximum Gasteiger partial charge on any atom is 0.315 e. The molecule has 0 radical (unpaired) electrons. The van der Waals surface area contributed by atoms with Gasteiger partial charge in [-0.1, -0.05) is 19.3 Å². The quantitative estimate of drug-likeness (QED) is 0.637. The number of aromatic nitrogens is 4. The summed E-state index contributed by atoms with van der Waals surface area (Å²) in [5, 5.41) is 16.3. The number of carbonyl (C=O) groups excluding carboxylic acids is 2. The molecular formula is C18H25N7O2. The first-order valence-corrected chi connectivity index (χ1v) is 9.32. The Morgan fingerprint density at radius 2 is 1.93 bits per heavy atom. The van der Waals surface area contributed by atoms with Gasteiger partial charge in [-0.2, -0.15) is 0 Å². The van der Waals surface area contributed by atoms with Gasteiger partial charge >= 0.3 is 6.03 Å². The lowest BCUT2D eigenvalue weighted by Crippen LogP contribution is -2.40. The van der Waals surface area contributed by atoms with Gasteiger partial charge in [0.2, 0.25) is 0 Å². The Morgan fingerprint density at radius 3 is 2.70 bits per heavy atom. The average Bonchev–Trinajstić information content (AvgIpc) is 3.19. The summed E-state index contributed by atoms with van der Waals surface area (Å²) in [7, 11) is 0. The van der Waals surface area contributed by atoms with Crippen molar-refractivity contribution in [2.45, 2.75) is 44.7 Å². The molecular weight excluding hydrogens is 346 g/mol. The molecule has 3 rings (SSSR count). The van der Waals surface area contributed by atoms with Crippen LogP contribution in [0.25, 0.3) is 0 Å². The van der Waals surface area contributed by atoms with Gasteiger partial charge in [-0.3, -0.25) is 9.78 Å². The van der Waals surface area contributed by atoms with E-state index in [9.17, 15) is 9.59 Å². The highest BCUT2D eigenvalue weighted by molar-refractivity contribution is 5.93. The van der Waals surface area contributed by atoms with E-state index in [1.807, 2.05) is 0 Å². The summed E-state index contributed by atoms with van der Waals surface area (Å²) in [4.78, 5) is 27.7. The first kappa shape index (κ1) is 18.8. The van der Waals surface area contributed by atoms with Crippen LogP contribution in [0.3, 0.4) is 0 Å². The second kappa shape index (κ2) is 9.65. The first-order valence-electron chi connectivity index (χ1n) is 9.32. The minimum absolute atomic E-state index is 0.217. The molecule has 3 amide bonds. The van der Waals surface area contributed by atoms with Crippen LogP contribution in [0.1, 0.15) is 54.3 Å². The van der Waals surface area contributed by atoms with Crippen molar-refractivity contribution in [1.82, 2.24) is 35.7 Å². The number of urea groups is 1. The Hall–Kier alpha value is -2.97. The van der Waals surface area contributed by atoms with Crippen LogP contribution in [0.5, 0.6) is 0 Å². The van der Waals surface area contributed by atoms with Gasteiger partial charge in [0.15, 0.2) is 5.82 Å². The summed E-state index contributed by atoms with van der Waals surface area (Å²) in [6.07, 6.45) is 10.9. The zero-order chi connectivity index (χ0) is 18.9. The molecule has 0 saturated heterocycles. The maximum atomic E-state index is 11.9. The minimum atomic E-state index is -0.302. The Kier molecular flexibility index (Phi) is 6.72. The smallest absolute Gasteiger partial charge is 0.315 e. The highest BCUT2D eigenvalue weighted by Crippen LogP contribution is 2.28. The molecule has 9 nitrogen and oxygen atoms in total. The zero-order valence-corrected chi connectivity index (χ0v) is 15.2. The van der Waals surface area contributed by atoms with Gasteiger partial charge in [0, 0.05) is 31.5 Å². The lowest BCUT2D eigenvalue weighted by molar-refractivity contribution is 0.0953. The molecule has 9 heteroatoms. The third kappa shape index (κ3) is 5.50. The van der Waals surface area contributed by atoms with Crippen LogP contribution in [0, 0.1) is 0 Å². The van der Waals surface area contributed by atoms with Crippen molar-refractivity contribution < 1.29 is 9.59 Å². The topological polar surface area (TPSA) is 114 Å². The third-order valence-corrected chi connectivity index (χ3v) is 4.64. The van der Waals surface area contributed by atoms with E-state index in [2.05, 4.69) is 35.7 Å². The van der Waals surface area contributed by atoms with E-state index < -0.39 is 0 Å². The van der Waals surface area contributed by atoms with Gasteiger partial charge in [0.1, 0.15) is 6.33 Å². The Labute approximate surface area is 158 Å². The van der Waals surface area contributed by atoms with Crippen LogP contribution in [0.4, 0.5) is 4.79 Å². The fourth-order valence-corrected chi connectivity index (χ4v) is 3.23. The van der Waals surface area contributed by atoms with E-state index in [0.717, 1.165) is 18.7 Å². The van der Waals surface area contributed by atoms with E-state index >= 15 is 0 Å². The average molecular weight is 371 g/mol. The molecule has 1 aliphatic rings.